The zero-order chi connectivity index (χ0) is 9.02. The Labute approximate surface area is 73.2 Å². The van der Waals surface area contributed by atoms with Crippen molar-refractivity contribution >= 4 is 17.2 Å². The Morgan fingerprint density at radius 3 is 2.36 bits per heavy atom. The number of likely N-dealkylation sites (N-methyl/N-ethyl adjacent to an activating group) is 1. The summed E-state index contributed by atoms with van der Waals surface area (Å²) in [4.78, 5) is 2.39. The maximum absolute atomic E-state index is 9.03. The number of thiocarbonyl (C=S) groups is 1. The van der Waals surface area contributed by atoms with E-state index in [1.165, 1.54) is 0 Å². The van der Waals surface area contributed by atoms with Crippen LogP contribution in [-0.2, 0) is 0 Å². The summed E-state index contributed by atoms with van der Waals surface area (Å²) in [6.45, 7) is 4.26. The first-order valence-electron chi connectivity index (χ1n) is 3.62. The van der Waals surface area contributed by atoms with Crippen molar-refractivity contribution in [2.75, 3.05) is 13.6 Å². The van der Waals surface area contributed by atoms with Gasteiger partial charge in [-0.15, -0.1) is 0 Å². The van der Waals surface area contributed by atoms with Crippen molar-refractivity contribution in [1.82, 2.24) is 4.90 Å². The predicted octanol–water partition coefficient (Wildman–Crippen LogP) is -0.0264. The van der Waals surface area contributed by atoms with Crippen molar-refractivity contribution in [2.45, 2.75) is 26.0 Å². The van der Waals surface area contributed by atoms with Crippen molar-refractivity contribution in [3.05, 3.63) is 0 Å². The monoisotopic (exact) mass is 176 g/mol. The lowest BCUT2D eigenvalue weighted by Gasteiger charge is -2.24. The number of aliphatic hydroxyl groups excluding tert-OH is 1. The van der Waals surface area contributed by atoms with E-state index in [1.54, 1.807) is 6.92 Å². The average molecular weight is 176 g/mol. The molecule has 3 nitrogen and oxygen atoms in total. The minimum atomic E-state index is -0.336. The molecule has 0 saturated heterocycles. The van der Waals surface area contributed by atoms with Gasteiger partial charge < -0.3 is 10.8 Å². The van der Waals surface area contributed by atoms with Crippen LogP contribution in [0, 0.1) is 0 Å². The fraction of sp³-hybridized carbons (Fsp3) is 0.857. The number of hydrogen-bond acceptors (Lipinski definition) is 3. The Balaban J connectivity index is 3.82. The van der Waals surface area contributed by atoms with Crippen LogP contribution in [0.2, 0.25) is 0 Å². The van der Waals surface area contributed by atoms with E-state index in [9.17, 15) is 0 Å². The van der Waals surface area contributed by atoms with Gasteiger partial charge in [0.15, 0.2) is 0 Å². The summed E-state index contributed by atoms with van der Waals surface area (Å²) in [5.74, 6) is 0. The first-order chi connectivity index (χ1) is 4.95. The zero-order valence-electron chi connectivity index (χ0n) is 7.24. The number of nitrogens with zero attached hydrogens (tertiary/aromatic N) is 1. The van der Waals surface area contributed by atoms with Gasteiger partial charge in [0.2, 0.25) is 0 Å². The van der Waals surface area contributed by atoms with Gasteiger partial charge in [-0.1, -0.05) is 12.2 Å². The summed E-state index contributed by atoms with van der Waals surface area (Å²) < 4.78 is 0. The lowest BCUT2D eigenvalue weighted by Crippen LogP contribution is -2.42. The van der Waals surface area contributed by atoms with Crippen LogP contribution in [0.15, 0.2) is 0 Å². The van der Waals surface area contributed by atoms with Gasteiger partial charge in [-0.3, -0.25) is 4.90 Å². The number of rotatable bonds is 4. The Hall–Kier alpha value is -0.190. The maximum atomic E-state index is 9.03. The molecule has 0 radical (unpaired) electrons. The van der Waals surface area contributed by atoms with Crippen molar-refractivity contribution in [1.29, 1.82) is 0 Å². The van der Waals surface area contributed by atoms with Gasteiger partial charge in [0.05, 0.1) is 17.1 Å². The molecule has 66 valence electrons. The van der Waals surface area contributed by atoms with E-state index in [0.29, 0.717) is 11.5 Å². The Bertz CT molecular complexity index is 138. The molecule has 0 aliphatic rings. The molecule has 0 aromatic rings. The quantitative estimate of drug-likeness (QED) is 0.591. The molecule has 0 rings (SSSR count). The standard InChI is InChI=1S/C7H16N2OS/c1-5(10)4-9(3)6(2)7(8)11/h5-6,10H,4H2,1-3H3,(H2,8,11). The van der Waals surface area contributed by atoms with E-state index in [0.717, 1.165) is 0 Å². The van der Waals surface area contributed by atoms with Crippen LogP contribution in [0.4, 0.5) is 0 Å². The average Bonchev–Trinajstić information content (AvgIpc) is 1.84. The van der Waals surface area contributed by atoms with Gasteiger partial charge in [-0.05, 0) is 20.9 Å². The number of hydrogen-bond donors (Lipinski definition) is 2. The minimum absolute atomic E-state index is 0.0552. The Morgan fingerprint density at radius 1 is 1.64 bits per heavy atom. The molecule has 0 amide bonds. The van der Waals surface area contributed by atoms with Gasteiger partial charge in [-0.2, -0.15) is 0 Å². The first-order valence-corrected chi connectivity index (χ1v) is 4.03. The van der Waals surface area contributed by atoms with Crippen molar-refractivity contribution in [2.24, 2.45) is 5.73 Å². The summed E-state index contributed by atoms with van der Waals surface area (Å²) in [5.41, 5.74) is 5.42. The third-order valence-corrected chi connectivity index (χ3v) is 1.97. The molecule has 0 heterocycles. The molecule has 0 fully saturated rings. The van der Waals surface area contributed by atoms with Crippen LogP contribution in [0.5, 0.6) is 0 Å². The summed E-state index contributed by atoms with van der Waals surface area (Å²) >= 11 is 4.80. The summed E-state index contributed by atoms with van der Waals surface area (Å²) in [5, 5.41) is 9.03. The lowest BCUT2D eigenvalue weighted by molar-refractivity contribution is 0.135. The van der Waals surface area contributed by atoms with Crippen molar-refractivity contribution in [3.8, 4) is 0 Å². The molecule has 4 heteroatoms. The van der Waals surface area contributed by atoms with E-state index < -0.39 is 0 Å². The van der Waals surface area contributed by atoms with Gasteiger partial charge in [0.25, 0.3) is 0 Å². The smallest absolute Gasteiger partial charge is 0.0899 e. The van der Waals surface area contributed by atoms with E-state index in [-0.39, 0.29) is 12.1 Å². The summed E-state index contributed by atoms with van der Waals surface area (Å²) in [7, 11) is 1.89. The topological polar surface area (TPSA) is 49.5 Å². The highest BCUT2D eigenvalue weighted by Gasteiger charge is 2.12. The van der Waals surface area contributed by atoms with Crippen molar-refractivity contribution < 1.29 is 5.11 Å². The van der Waals surface area contributed by atoms with E-state index in [4.69, 9.17) is 23.1 Å². The predicted molar refractivity (Wildman–Crippen MR) is 50.6 cm³/mol. The van der Waals surface area contributed by atoms with E-state index in [1.807, 2.05) is 18.9 Å². The highest BCUT2D eigenvalue weighted by molar-refractivity contribution is 7.80. The third kappa shape index (κ3) is 4.29. The molecule has 3 N–H and O–H groups in total. The minimum Gasteiger partial charge on any atom is -0.392 e. The number of aliphatic hydroxyl groups is 1. The highest BCUT2D eigenvalue weighted by Crippen LogP contribution is 1.96. The van der Waals surface area contributed by atoms with Crippen LogP contribution < -0.4 is 5.73 Å². The van der Waals surface area contributed by atoms with Gasteiger partial charge in [0, 0.05) is 6.54 Å². The summed E-state index contributed by atoms with van der Waals surface area (Å²) in [6.07, 6.45) is -0.336. The summed E-state index contributed by atoms with van der Waals surface area (Å²) in [6, 6.07) is 0.0552. The SMILES string of the molecule is CC(O)CN(C)C(C)C(N)=S. The molecule has 0 aliphatic heterocycles. The lowest BCUT2D eigenvalue weighted by atomic mass is 10.2. The van der Waals surface area contributed by atoms with Crippen LogP contribution in [0.25, 0.3) is 0 Å². The van der Waals surface area contributed by atoms with E-state index >= 15 is 0 Å². The largest absolute Gasteiger partial charge is 0.392 e. The maximum Gasteiger partial charge on any atom is 0.0899 e. The molecule has 2 atom stereocenters. The highest BCUT2D eigenvalue weighted by atomic mass is 32.1. The second-order valence-corrected chi connectivity index (χ2v) is 3.34. The zero-order valence-corrected chi connectivity index (χ0v) is 8.06. The Kier molecular flexibility index (Phi) is 4.56. The van der Waals surface area contributed by atoms with Crippen LogP contribution in [-0.4, -0.2) is 40.7 Å². The van der Waals surface area contributed by atoms with Crippen LogP contribution in [0.1, 0.15) is 13.8 Å². The number of nitrogens with two attached hydrogens (primary N) is 1. The molecular formula is C7H16N2OS. The van der Waals surface area contributed by atoms with Gasteiger partial charge in [0.1, 0.15) is 0 Å². The van der Waals surface area contributed by atoms with Crippen LogP contribution >= 0.6 is 12.2 Å². The molecule has 0 aromatic heterocycles. The fourth-order valence-electron chi connectivity index (χ4n) is 0.792. The molecule has 0 saturated carbocycles. The van der Waals surface area contributed by atoms with Crippen molar-refractivity contribution in [3.63, 3.8) is 0 Å². The molecule has 0 bridgehead atoms. The van der Waals surface area contributed by atoms with Gasteiger partial charge in [-0.25, -0.2) is 0 Å². The van der Waals surface area contributed by atoms with Gasteiger partial charge >= 0.3 is 0 Å². The molecule has 0 aliphatic carbocycles. The fourth-order valence-corrected chi connectivity index (χ4v) is 0.972. The normalized spacial score (nSPS) is 16.5. The molecule has 0 spiro atoms. The first kappa shape index (κ1) is 10.8. The van der Waals surface area contributed by atoms with Crippen LogP contribution in [0.3, 0.4) is 0 Å². The molecular weight excluding hydrogens is 160 g/mol. The Morgan fingerprint density at radius 2 is 2.09 bits per heavy atom. The molecule has 0 aromatic carbocycles. The van der Waals surface area contributed by atoms with E-state index in [2.05, 4.69) is 0 Å². The molecule has 11 heavy (non-hydrogen) atoms. The second-order valence-electron chi connectivity index (χ2n) is 2.87. The second kappa shape index (κ2) is 4.64. The molecule has 2 unspecified atom stereocenters. The third-order valence-electron chi connectivity index (χ3n) is 1.63.